The monoisotopic (exact) mass is 445 g/mol. The van der Waals surface area contributed by atoms with E-state index in [2.05, 4.69) is 13.5 Å². The molecule has 0 amide bonds. The van der Waals surface area contributed by atoms with E-state index in [-0.39, 0.29) is 17.5 Å². The first-order valence-electron chi connectivity index (χ1n) is 11.5. The number of aliphatic hydroxyl groups excluding tert-OH is 1. The summed E-state index contributed by atoms with van der Waals surface area (Å²) in [5.41, 5.74) is 6.53. The van der Waals surface area contributed by atoms with Crippen LogP contribution < -0.4 is 4.74 Å². The van der Waals surface area contributed by atoms with Gasteiger partial charge in [0.2, 0.25) is 0 Å². The molecule has 4 aromatic rings. The Bertz CT molecular complexity index is 1410. The van der Waals surface area contributed by atoms with Crippen molar-refractivity contribution < 1.29 is 14.2 Å². The highest BCUT2D eigenvalue weighted by Crippen LogP contribution is 2.43. The molecule has 1 aliphatic rings. The minimum atomic E-state index is -0.370. The molecule has 1 atom stereocenters. The summed E-state index contributed by atoms with van der Waals surface area (Å²) in [6.07, 6.45) is 3.17. The Morgan fingerprint density at radius 2 is 2.09 bits per heavy atom. The molecule has 0 saturated heterocycles. The first-order valence-corrected chi connectivity index (χ1v) is 11.5. The molecule has 0 bridgehead atoms. The van der Waals surface area contributed by atoms with Crippen molar-refractivity contribution in [1.29, 1.82) is 0 Å². The Morgan fingerprint density at radius 3 is 2.85 bits per heavy atom. The van der Waals surface area contributed by atoms with E-state index in [0.717, 1.165) is 69.5 Å². The average molecular weight is 446 g/mol. The lowest BCUT2D eigenvalue weighted by molar-refractivity contribution is 0.273. The zero-order chi connectivity index (χ0) is 23.3. The van der Waals surface area contributed by atoms with Gasteiger partial charge in [0.1, 0.15) is 0 Å². The SMILES string of the molecule is C=C(O)C(CCC)c1c(C)nc2c3ccccc3nn2c1-c1cc(F)c2c(c1C)CCCO2. The Balaban J connectivity index is 1.93. The van der Waals surface area contributed by atoms with E-state index in [9.17, 15) is 5.11 Å². The highest BCUT2D eigenvalue weighted by atomic mass is 19.1. The Hall–Kier alpha value is -3.41. The van der Waals surface area contributed by atoms with Gasteiger partial charge in [0, 0.05) is 33.7 Å². The Labute approximate surface area is 192 Å². The van der Waals surface area contributed by atoms with E-state index in [1.54, 1.807) is 6.07 Å². The maximum Gasteiger partial charge on any atom is 0.166 e. The molecule has 0 fully saturated rings. The van der Waals surface area contributed by atoms with Crippen LogP contribution in [0.25, 0.3) is 27.8 Å². The number of aromatic nitrogens is 3. The van der Waals surface area contributed by atoms with Gasteiger partial charge in [-0.2, -0.15) is 5.10 Å². The number of aryl methyl sites for hydroxylation is 1. The molecule has 6 heteroatoms. The molecule has 0 aliphatic carbocycles. The number of hydrogen-bond donors (Lipinski definition) is 1. The molecule has 1 unspecified atom stereocenters. The van der Waals surface area contributed by atoms with Gasteiger partial charge in [0.05, 0.1) is 23.6 Å². The Kier molecular flexibility index (Phi) is 5.31. The molecule has 1 aliphatic heterocycles. The van der Waals surface area contributed by atoms with Gasteiger partial charge >= 0.3 is 0 Å². The lowest BCUT2D eigenvalue weighted by atomic mass is 9.85. The molecule has 5 nitrogen and oxygen atoms in total. The summed E-state index contributed by atoms with van der Waals surface area (Å²) in [5, 5.41) is 16.4. The highest BCUT2D eigenvalue weighted by molar-refractivity contribution is 5.93. The van der Waals surface area contributed by atoms with Crippen LogP contribution in [0, 0.1) is 19.7 Å². The topological polar surface area (TPSA) is 59.7 Å². The summed E-state index contributed by atoms with van der Waals surface area (Å²) in [6, 6.07) is 9.40. The number of hydrogen-bond acceptors (Lipinski definition) is 4. The summed E-state index contributed by atoms with van der Waals surface area (Å²) in [5.74, 6) is -0.263. The van der Waals surface area contributed by atoms with Crippen LogP contribution in [0.1, 0.15) is 54.5 Å². The number of halogens is 1. The highest BCUT2D eigenvalue weighted by Gasteiger charge is 2.29. The van der Waals surface area contributed by atoms with Gasteiger partial charge in [-0.1, -0.05) is 32.1 Å². The van der Waals surface area contributed by atoms with Gasteiger partial charge in [-0.25, -0.2) is 13.9 Å². The van der Waals surface area contributed by atoms with Gasteiger partial charge in [-0.15, -0.1) is 0 Å². The maximum atomic E-state index is 15.3. The molecule has 33 heavy (non-hydrogen) atoms. The fraction of sp³-hybridized carbons (Fsp3) is 0.333. The van der Waals surface area contributed by atoms with Crippen LogP contribution in [0.4, 0.5) is 4.39 Å². The van der Waals surface area contributed by atoms with E-state index in [0.29, 0.717) is 18.8 Å². The standard InChI is InChI=1S/C27H28FN3O2/c1-5-9-19(17(4)32)24-16(3)29-27-20-10-6-7-12-23(20)30-31(27)25(24)21-14-22(28)26-18(15(21)2)11-8-13-33-26/h6-7,10,12,14,19,32H,4-5,8-9,11,13H2,1-3H3. The van der Waals surface area contributed by atoms with Crippen molar-refractivity contribution in [2.24, 2.45) is 0 Å². The van der Waals surface area contributed by atoms with E-state index in [1.807, 2.05) is 42.6 Å². The lowest BCUT2D eigenvalue weighted by Crippen LogP contribution is -2.15. The molecule has 1 N–H and O–H groups in total. The van der Waals surface area contributed by atoms with Gasteiger partial charge in [-0.3, -0.25) is 0 Å². The molecular formula is C27H28FN3O2. The molecule has 2 aromatic heterocycles. The number of ether oxygens (including phenoxy) is 1. The number of fused-ring (bicyclic) bond motifs is 4. The van der Waals surface area contributed by atoms with Crippen molar-refractivity contribution in [3.8, 4) is 17.0 Å². The second-order valence-corrected chi connectivity index (χ2v) is 8.84. The first kappa shape index (κ1) is 21.4. The van der Waals surface area contributed by atoms with Crippen LogP contribution in [0.3, 0.4) is 0 Å². The second kappa shape index (κ2) is 8.18. The van der Waals surface area contributed by atoms with Gasteiger partial charge < -0.3 is 9.84 Å². The molecule has 0 radical (unpaired) electrons. The summed E-state index contributed by atoms with van der Waals surface area (Å²) in [4.78, 5) is 4.90. The van der Waals surface area contributed by atoms with Crippen LogP contribution in [-0.4, -0.2) is 26.3 Å². The Morgan fingerprint density at radius 1 is 1.30 bits per heavy atom. The van der Waals surface area contributed by atoms with E-state index >= 15 is 4.39 Å². The number of allylic oxidation sites excluding steroid dienone is 1. The number of aliphatic hydroxyl groups is 1. The smallest absolute Gasteiger partial charge is 0.166 e. The molecule has 2 aromatic carbocycles. The van der Waals surface area contributed by atoms with E-state index < -0.39 is 0 Å². The number of rotatable bonds is 5. The fourth-order valence-corrected chi connectivity index (χ4v) is 5.13. The van der Waals surface area contributed by atoms with Crippen LogP contribution in [0.2, 0.25) is 0 Å². The van der Waals surface area contributed by atoms with E-state index in [1.165, 1.54) is 0 Å². The summed E-state index contributed by atoms with van der Waals surface area (Å²) in [7, 11) is 0. The summed E-state index contributed by atoms with van der Waals surface area (Å²) < 4.78 is 22.8. The zero-order valence-electron chi connectivity index (χ0n) is 19.3. The number of benzene rings is 2. The summed E-state index contributed by atoms with van der Waals surface area (Å²) >= 11 is 0. The third kappa shape index (κ3) is 3.36. The molecule has 170 valence electrons. The van der Waals surface area contributed by atoms with Crippen molar-refractivity contribution in [2.75, 3.05) is 6.61 Å². The molecule has 0 saturated carbocycles. The molecule has 0 spiro atoms. The van der Waals surface area contributed by atoms with Crippen molar-refractivity contribution >= 4 is 16.6 Å². The van der Waals surface area contributed by atoms with Crippen LogP contribution in [0.15, 0.2) is 42.7 Å². The van der Waals surface area contributed by atoms with Gasteiger partial charge in [0.15, 0.2) is 17.2 Å². The first-order chi connectivity index (χ1) is 15.9. The van der Waals surface area contributed by atoms with Crippen molar-refractivity contribution in [3.63, 3.8) is 0 Å². The van der Waals surface area contributed by atoms with Crippen LogP contribution in [0.5, 0.6) is 5.75 Å². The predicted octanol–water partition coefficient (Wildman–Crippen LogP) is 6.59. The molecule has 5 rings (SSSR count). The lowest BCUT2D eigenvalue weighted by Gasteiger charge is -2.25. The number of nitrogens with zero attached hydrogens (tertiary/aromatic N) is 3. The third-order valence-electron chi connectivity index (χ3n) is 6.70. The van der Waals surface area contributed by atoms with Crippen LogP contribution >= 0.6 is 0 Å². The molecular weight excluding hydrogens is 417 g/mol. The third-order valence-corrected chi connectivity index (χ3v) is 6.70. The largest absolute Gasteiger partial charge is 0.512 e. The van der Waals surface area contributed by atoms with Crippen LogP contribution in [-0.2, 0) is 6.42 Å². The quantitative estimate of drug-likeness (QED) is 0.352. The van der Waals surface area contributed by atoms with E-state index in [4.69, 9.17) is 14.8 Å². The van der Waals surface area contributed by atoms with Gasteiger partial charge in [0.25, 0.3) is 0 Å². The fourth-order valence-electron chi connectivity index (χ4n) is 5.13. The second-order valence-electron chi connectivity index (χ2n) is 8.84. The summed E-state index contributed by atoms with van der Waals surface area (Å²) in [6.45, 7) is 10.4. The minimum absolute atomic E-state index is 0.0819. The van der Waals surface area contributed by atoms with Gasteiger partial charge in [-0.05, 0) is 56.9 Å². The predicted molar refractivity (Wildman–Crippen MR) is 129 cm³/mol. The minimum Gasteiger partial charge on any atom is -0.512 e. The van der Waals surface area contributed by atoms with Crippen molar-refractivity contribution in [3.05, 3.63) is 70.9 Å². The maximum absolute atomic E-state index is 15.3. The molecule has 3 heterocycles. The normalized spacial score (nSPS) is 14.3. The zero-order valence-corrected chi connectivity index (χ0v) is 19.3. The van der Waals surface area contributed by atoms with Crippen molar-refractivity contribution in [1.82, 2.24) is 14.6 Å². The van der Waals surface area contributed by atoms with Crippen molar-refractivity contribution in [2.45, 2.75) is 52.4 Å². The average Bonchev–Trinajstić information content (AvgIpc) is 3.17.